The second-order valence-corrected chi connectivity index (χ2v) is 6.33. The molecule has 0 aromatic rings. The summed E-state index contributed by atoms with van der Waals surface area (Å²) in [6, 6.07) is 0.806. The lowest BCUT2D eigenvalue weighted by molar-refractivity contribution is 0.266. The predicted molar refractivity (Wildman–Crippen MR) is 61.6 cm³/mol. The van der Waals surface area contributed by atoms with Gasteiger partial charge < -0.3 is 5.32 Å². The maximum Gasteiger partial charge on any atom is 0.0696 e. The van der Waals surface area contributed by atoms with E-state index in [1.807, 2.05) is 0 Å². The molecule has 14 heavy (non-hydrogen) atoms. The predicted octanol–water partition coefficient (Wildman–Crippen LogP) is 1.71. The summed E-state index contributed by atoms with van der Waals surface area (Å²) < 4.78 is 0. The van der Waals surface area contributed by atoms with E-state index in [0.717, 1.165) is 16.5 Å². The van der Waals surface area contributed by atoms with Crippen LogP contribution in [0.4, 0.5) is 0 Å². The topological polar surface area (TPSA) is 24.1 Å². The van der Waals surface area contributed by atoms with Crippen LogP contribution in [0.3, 0.4) is 0 Å². The lowest BCUT2D eigenvalue weighted by Gasteiger charge is -2.46. The monoisotopic (exact) mass is 212 g/mol. The van der Waals surface area contributed by atoms with Gasteiger partial charge in [-0.2, -0.15) is 11.8 Å². The minimum atomic E-state index is 0.619. The highest BCUT2D eigenvalue weighted by molar-refractivity contribution is 8.00. The van der Waals surface area contributed by atoms with Gasteiger partial charge in [-0.1, -0.05) is 12.8 Å². The van der Waals surface area contributed by atoms with E-state index in [1.54, 1.807) is 0 Å². The molecule has 0 amide bonds. The smallest absolute Gasteiger partial charge is 0.0696 e. The number of rotatable bonds is 0. The fourth-order valence-corrected chi connectivity index (χ4v) is 4.87. The Morgan fingerprint density at radius 2 is 1.79 bits per heavy atom. The lowest BCUT2D eigenvalue weighted by atomic mass is 9.93. The molecule has 3 heteroatoms. The molecule has 4 unspecified atom stereocenters. The van der Waals surface area contributed by atoms with Gasteiger partial charge in [-0.3, -0.25) is 5.32 Å². The summed E-state index contributed by atoms with van der Waals surface area (Å²) in [5, 5.41) is 9.22. The second-order valence-electron chi connectivity index (χ2n) is 4.84. The molecule has 80 valence electrons. The zero-order valence-corrected chi connectivity index (χ0v) is 9.48. The molecule has 0 aromatic carbocycles. The molecule has 2 N–H and O–H groups in total. The number of hydrogen-bond acceptors (Lipinski definition) is 3. The Bertz CT molecular complexity index is 167. The van der Waals surface area contributed by atoms with Crippen molar-refractivity contribution >= 4 is 11.8 Å². The second kappa shape index (κ2) is 4.03. The van der Waals surface area contributed by atoms with E-state index in [0.29, 0.717) is 6.17 Å². The van der Waals surface area contributed by atoms with Crippen molar-refractivity contribution in [2.75, 3.05) is 6.54 Å². The normalized spacial score (nSPS) is 48.0. The number of nitrogens with one attached hydrogen (secondary N) is 2. The maximum absolute atomic E-state index is 3.83. The van der Waals surface area contributed by atoms with Crippen LogP contribution in [0, 0.1) is 0 Å². The van der Waals surface area contributed by atoms with Gasteiger partial charge in [0.2, 0.25) is 0 Å². The number of hydrogen-bond donors (Lipinski definition) is 2. The van der Waals surface area contributed by atoms with Gasteiger partial charge in [0.1, 0.15) is 0 Å². The fourth-order valence-electron chi connectivity index (χ4n) is 3.08. The molecule has 4 atom stereocenters. The van der Waals surface area contributed by atoms with Crippen LogP contribution < -0.4 is 10.6 Å². The zero-order chi connectivity index (χ0) is 9.38. The Morgan fingerprint density at radius 1 is 0.929 bits per heavy atom. The lowest BCUT2D eigenvalue weighted by Crippen LogP contribution is -2.62. The summed E-state index contributed by atoms with van der Waals surface area (Å²) in [5.74, 6) is 0. The summed E-state index contributed by atoms with van der Waals surface area (Å²) >= 11 is 2.27. The van der Waals surface area contributed by atoms with Crippen molar-refractivity contribution in [1.29, 1.82) is 0 Å². The van der Waals surface area contributed by atoms with Crippen molar-refractivity contribution < 1.29 is 0 Å². The Balaban J connectivity index is 1.68. The number of piperidine rings is 1. The first kappa shape index (κ1) is 9.49. The third-order valence-electron chi connectivity index (χ3n) is 3.85. The molecular formula is C11H20N2S. The first-order valence-electron chi connectivity index (χ1n) is 6.08. The highest BCUT2D eigenvalue weighted by Gasteiger charge is 2.38. The van der Waals surface area contributed by atoms with Crippen molar-refractivity contribution in [1.82, 2.24) is 10.6 Å². The average Bonchev–Trinajstić information content (AvgIpc) is 2.26. The maximum atomic E-state index is 3.83. The van der Waals surface area contributed by atoms with Crippen LogP contribution in [-0.2, 0) is 0 Å². The summed E-state index contributed by atoms with van der Waals surface area (Å²) in [6.07, 6.45) is 9.15. The number of thioether (sulfide) groups is 1. The Morgan fingerprint density at radius 3 is 2.79 bits per heavy atom. The molecule has 3 rings (SSSR count). The quantitative estimate of drug-likeness (QED) is 0.639. The largest absolute Gasteiger partial charge is 0.301 e. The van der Waals surface area contributed by atoms with Crippen LogP contribution in [0.1, 0.15) is 38.5 Å². The molecule has 2 heterocycles. The van der Waals surface area contributed by atoms with Crippen molar-refractivity contribution in [3.8, 4) is 0 Å². The highest BCUT2D eigenvalue weighted by Crippen LogP contribution is 2.38. The molecule has 1 saturated carbocycles. The van der Waals surface area contributed by atoms with E-state index < -0.39 is 0 Å². The van der Waals surface area contributed by atoms with Gasteiger partial charge in [0.15, 0.2) is 0 Å². The van der Waals surface area contributed by atoms with Crippen LogP contribution in [0.25, 0.3) is 0 Å². The summed E-state index contributed by atoms with van der Waals surface area (Å²) in [5.41, 5.74) is 0. The molecule has 0 aromatic heterocycles. The van der Waals surface area contributed by atoms with Crippen LogP contribution >= 0.6 is 11.8 Å². The van der Waals surface area contributed by atoms with Gasteiger partial charge in [-0.05, 0) is 32.2 Å². The molecule has 2 saturated heterocycles. The van der Waals surface area contributed by atoms with E-state index in [-0.39, 0.29) is 0 Å². The molecule has 3 fully saturated rings. The van der Waals surface area contributed by atoms with Crippen molar-refractivity contribution in [3.63, 3.8) is 0 Å². The average molecular weight is 212 g/mol. The van der Waals surface area contributed by atoms with E-state index >= 15 is 0 Å². The van der Waals surface area contributed by atoms with E-state index in [1.165, 1.54) is 45.1 Å². The Hall–Kier alpha value is 0.270. The van der Waals surface area contributed by atoms with Gasteiger partial charge >= 0.3 is 0 Å². The van der Waals surface area contributed by atoms with Crippen LogP contribution in [0.15, 0.2) is 0 Å². The van der Waals surface area contributed by atoms with Crippen molar-refractivity contribution in [2.24, 2.45) is 0 Å². The molecule has 1 aliphatic carbocycles. The summed E-state index contributed by atoms with van der Waals surface area (Å²) in [6.45, 7) is 1.21. The van der Waals surface area contributed by atoms with Gasteiger partial charge in [0, 0.05) is 16.5 Å². The van der Waals surface area contributed by atoms with Crippen LogP contribution in [0.2, 0.25) is 0 Å². The molecule has 0 radical (unpaired) electrons. The van der Waals surface area contributed by atoms with Crippen molar-refractivity contribution in [3.05, 3.63) is 0 Å². The minimum absolute atomic E-state index is 0.619. The zero-order valence-electron chi connectivity index (χ0n) is 8.67. The first-order chi connectivity index (χ1) is 6.93. The van der Waals surface area contributed by atoms with Gasteiger partial charge in [-0.25, -0.2) is 0 Å². The Kier molecular flexibility index (Phi) is 2.73. The van der Waals surface area contributed by atoms with Crippen LogP contribution in [0.5, 0.6) is 0 Å². The third-order valence-corrected chi connectivity index (χ3v) is 5.62. The van der Waals surface area contributed by atoms with E-state index in [2.05, 4.69) is 22.4 Å². The van der Waals surface area contributed by atoms with Gasteiger partial charge in [0.25, 0.3) is 0 Å². The van der Waals surface area contributed by atoms with Gasteiger partial charge in [-0.15, -0.1) is 0 Å². The molecule has 0 spiro atoms. The molecule has 3 aliphatic rings. The molecule has 2 aliphatic heterocycles. The minimum Gasteiger partial charge on any atom is -0.301 e. The standard InChI is InChI=1S/C11H20N2S/c1-2-5-9-8(4-1)13-11-10(14-9)6-3-7-12-11/h8-13H,1-7H2. The Labute approximate surface area is 90.6 Å². The molecule has 0 bridgehead atoms. The van der Waals surface area contributed by atoms with Gasteiger partial charge in [0.05, 0.1) is 6.17 Å². The van der Waals surface area contributed by atoms with Crippen molar-refractivity contribution in [2.45, 2.75) is 61.2 Å². The van der Waals surface area contributed by atoms with Crippen LogP contribution in [-0.4, -0.2) is 29.3 Å². The SMILES string of the molecule is C1CCC2SC3CCCNC3NC2C1. The summed E-state index contributed by atoms with van der Waals surface area (Å²) in [7, 11) is 0. The fraction of sp³-hybridized carbons (Fsp3) is 1.00. The molecule has 2 nitrogen and oxygen atoms in total. The summed E-state index contributed by atoms with van der Waals surface area (Å²) in [4.78, 5) is 0. The molecular weight excluding hydrogens is 192 g/mol. The van der Waals surface area contributed by atoms with E-state index in [4.69, 9.17) is 0 Å². The highest BCUT2D eigenvalue weighted by atomic mass is 32.2. The third kappa shape index (κ3) is 1.70. The first-order valence-corrected chi connectivity index (χ1v) is 7.03. The number of fused-ring (bicyclic) bond motifs is 2. The van der Waals surface area contributed by atoms with E-state index in [9.17, 15) is 0 Å².